The first-order chi connectivity index (χ1) is 8.70. The van der Waals surface area contributed by atoms with Gasteiger partial charge in [-0.2, -0.15) is 0 Å². The minimum absolute atomic E-state index is 0. The zero-order valence-electron chi connectivity index (χ0n) is 11.1. The standard InChI is InChI=1S/C11H14ClN3O4.ClH/c1-11(2,3)15(19-10(12)16)13-8-4-6-9(7-5-8)14(17)18;/h4-7,13H,1-3H3;1H. The van der Waals surface area contributed by atoms with Crippen LogP contribution in [-0.2, 0) is 4.84 Å². The van der Waals surface area contributed by atoms with Crippen LogP contribution in [0.25, 0.3) is 0 Å². The molecular formula is C11H15Cl2N3O4. The van der Waals surface area contributed by atoms with Gasteiger partial charge in [-0.25, -0.2) is 4.79 Å². The van der Waals surface area contributed by atoms with Crippen molar-refractivity contribution in [1.82, 2.24) is 5.17 Å². The maximum Gasteiger partial charge on any atom is 0.424 e. The van der Waals surface area contributed by atoms with Crippen LogP contribution in [0.3, 0.4) is 0 Å². The van der Waals surface area contributed by atoms with Crippen molar-refractivity contribution in [2.24, 2.45) is 0 Å². The minimum Gasteiger partial charge on any atom is -0.334 e. The Hall–Kier alpha value is -1.57. The van der Waals surface area contributed by atoms with E-state index in [4.69, 9.17) is 16.4 Å². The van der Waals surface area contributed by atoms with E-state index in [0.717, 1.165) is 0 Å². The number of benzene rings is 1. The highest BCUT2D eigenvalue weighted by Crippen LogP contribution is 2.20. The summed E-state index contributed by atoms with van der Waals surface area (Å²) >= 11 is 5.18. The Bertz CT molecular complexity index is 474. The third-order valence-corrected chi connectivity index (χ3v) is 2.15. The number of nitro benzene ring substituents is 1. The second kappa shape index (κ2) is 7.28. The Morgan fingerprint density at radius 1 is 1.35 bits per heavy atom. The van der Waals surface area contributed by atoms with E-state index in [1.165, 1.54) is 29.4 Å². The molecule has 0 radical (unpaired) electrons. The van der Waals surface area contributed by atoms with E-state index in [1.54, 1.807) is 20.8 Å². The van der Waals surface area contributed by atoms with Crippen LogP contribution in [-0.4, -0.2) is 21.1 Å². The van der Waals surface area contributed by atoms with Crippen molar-refractivity contribution in [3.05, 3.63) is 34.4 Å². The largest absolute Gasteiger partial charge is 0.424 e. The smallest absolute Gasteiger partial charge is 0.334 e. The Balaban J connectivity index is 0.00000361. The lowest BCUT2D eigenvalue weighted by atomic mass is 10.1. The molecule has 0 fully saturated rings. The van der Waals surface area contributed by atoms with E-state index in [0.29, 0.717) is 5.69 Å². The molecule has 9 heteroatoms. The summed E-state index contributed by atoms with van der Waals surface area (Å²) in [5, 5.41) is 11.7. The van der Waals surface area contributed by atoms with E-state index in [2.05, 4.69) is 5.43 Å². The molecule has 0 aliphatic carbocycles. The summed E-state index contributed by atoms with van der Waals surface area (Å²) in [4.78, 5) is 25.6. The first kappa shape index (κ1) is 18.4. The lowest BCUT2D eigenvalue weighted by molar-refractivity contribution is -0.384. The van der Waals surface area contributed by atoms with E-state index >= 15 is 0 Å². The number of carbonyl (C=O) groups excluding carboxylic acids is 1. The summed E-state index contributed by atoms with van der Waals surface area (Å²) in [6.07, 6.45) is 0. The van der Waals surface area contributed by atoms with Crippen molar-refractivity contribution in [2.75, 3.05) is 5.43 Å². The van der Waals surface area contributed by atoms with E-state index < -0.39 is 15.9 Å². The number of carbonyl (C=O) groups is 1. The molecule has 0 amide bonds. The first-order valence-corrected chi connectivity index (χ1v) is 5.77. The van der Waals surface area contributed by atoms with E-state index in [1.807, 2.05) is 0 Å². The number of nitro groups is 1. The van der Waals surface area contributed by atoms with Crippen LogP contribution in [0.1, 0.15) is 20.8 Å². The molecule has 0 aliphatic heterocycles. The zero-order valence-corrected chi connectivity index (χ0v) is 12.7. The number of nitrogens with zero attached hydrogens (tertiary/aromatic N) is 2. The third kappa shape index (κ3) is 5.60. The fourth-order valence-electron chi connectivity index (χ4n) is 1.17. The molecule has 0 saturated carbocycles. The molecule has 7 nitrogen and oxygen atoms in total. The number of hydroxylamine groups is 1. The van der Waals surface area contributed by atoms with Crippen molar-refractivity contribution >= 4 is 40.8 Å². The van der Waals surface area contributed by atoms with Crippen LogP contribution in [0.5, 0.6) is 0 Å². The van der Waals surface area contributed by atoms with Crippen molar-refractivity contribution in [3.8, 4) is 0 Å². The average molecular weight is 324 g/mol. The summed E-state index contributed by atoms with van der Waals surface area (Å²) in [6, 6.07) is 5.68. The molecule has 0 unspecified atom stereocenters. The summed E-state index contributed by atoms with van der Waals surface area (Å²) in [5.41, 5.74) is 1.77. The van der Waals surface area contributed by atoms with Gasteiger partial charge in [-0.15, -0.1) is 12.4 Å². The van der Waals surface area contributed by atoms with Gasteiger partial charge in [-0.05, 0) is 38.1 Å². The Morgan fingerprint density at radius 2 is 1.85 bits per heavy atom. The number of nitrogens with one attached hydrogen (secondary N) is 1. The summed E-state index contributed by atoms with van der Waals surface area (Å²) in [7, 11) is 0. The van der Waals surface area contributed by atoms with Gasteiger partial charge in [0.25, 0.3) is 5.69 Å². The van der Waals surface area contributed by atoms with Gasteiger partial charge in [-0.1, -0.05) is 0 Å². The number of hydrazine groups is 1. The van der Waals surface area contributed by atoms with E-state index in [-0.39, 0.29) is 18.1 Å². The average Bonchev–Trinajstić information content (AvgIpc) is 2.27. The number of non-ortho nitro benzene ring substituents is 1. The molecule has 112 valence electrons. The van der Waals surface area contributed by atoms with Crippen LogP contribution in [0.2, 0.25) is 0 Å². The zero-order chi connectivity index (χ0) is 14.6. The number of hydrogen-bond acceptors (Lipinski definition) is 6. The van der Waals surface area contributed by atoms with Crippen LogP contribution in [0.4, 0.5) is 16.2 Å². The van der Waals surface area contributed by atoms with Gasteiger partial charge in [0.15, 0.2) is 0 Å². The van der Waals surface area contributed by atoms with Gasteiger partial charge in [0.1, 0.15) is 0 Å². The molecule has 20 heavy (non-hydrogen) atoms. The van der Waals surface area contributed by atoms with Gasteiger partial charge in [0.2, 0.25) is 0 Å². The molecule has 0 spiro atoms. The topological polar surface area (TPSA) is 84.7 Å². The maximum absolute atomic E-state index is 10.8. The van der Waals surface area contributed by atoms with Crippen LogP contribution in [0, 0.1) is 10.1 Å². The van der Waals surface area contributed by atoms with Crippen molar-refractivity contribution in [1.29, 1.82) is 0 Å². The van der Waals surface area contributed by atoms with Crippen LogP contribution >= 0.6 is 24.0 Å². The molecule has 1 aromatic carbocycles. The van der Waals surface area contributed by atoms with Crippen LogP contribution in [0.15, 0.2) is 24.3 Å². The van der Waals surface area contributed by atoms with Gasteiger partial charge in [0.05, 0.1) is 16.1 Å². The molecule has 1 N–H and O–H groups in total. The Labute approximate surface area is 127 Å². The lowest BCUT2D eigenvalue weighted by Crippen LogP contribution is -2.45. The molecule has 0 aliphatic rings. The SMILES string of the molecule is CC(C)(C)N(Nc1ccc([N+](=O)[O-])cc1)OC(=O)Cl.Cl. The predicted molar refractivity (Wildman–Crippen MR) is 77.9 cm³/mol. The van der Waals surface area contributed by atoms with Gasteiger partial charge < -0.3 is 4.84 Å². The van der Waals surface area contributed by atoms with E-state index in [9.17, 15) is 14.9 Å². The van der Waals surface area contributed by atoms with Crippen molar-refractivity contribution < 1.29 is 14.6 Å². The predicted octanol–water partition coefficient (Wildman–Crippen LogP) is 3.73. The summed E-state index contributed by atoms with van der Waals surface area (Å²) < 4.78 is 0. The van der Waals surface area contributed by atoms with Gasteiger partial charge >= 0.3 is 5.43 Å². The number of halogens is 2. The quantitative estimate of drug-likeness (QED) is 0.516. The highest BCUT2D eigenvalue weighted by molar-refractivity contribution is 6.61. The van der Waals surface area contributed by atoms with Gasteiger partial charge in [-0.3, -0.25) is 15.5 Å². The number of anilines is 1. The highest BCUT2D eigenvalue weighted by atomic mass is 35.5. The molecular weight excluding hydrogens is 309 g/mol. The third-order valence-electron chi connectivity index (χ3n) is 2.08. The molecule has 1 rings (SSSR count). The normalized spacial score (nSPS) is 10.7. The van der Waals surface area contributed by atoms with Crippen molar-refractivity contribution in [3.63, 3.8) is 0 Å². The number of hydrogen-bond donors (Lipinski definition) is 1. The monoisotopic (exact) mass is 323 g/mol. The second-order valence-electron chi connectivity index (χ2n) is 4.71. The molecule has 0 saturated heterocycles. The lowest BCUT2D eigenvalue weighted by Gasteiger charge is -2.32. The number of rotatable bonds is 4. The Morgan fingerprint density at radius 3 is 2.20 bits per heavy atom. The molecule has 1 aromatic rings. The first-order valence-electron chi connectivity index (χ1n) is 5.39. The maximum atomic E-state index is 10.8. The van der Waals surface area contributed by atoms with Crippen LogP contribution < -0.4 is 5.43 Å². The Kier molecular flexibility index (Phi) is 6.70. The minimum atomic E-state index is -0.982. The molecule has 0 bridgehead atoms. The fraction of sp³-hybridized carbons (Fsp3) is 0.364. The van der Waals surface area contributed by atoms with Gasteiger partial charge in [0, 0.05) is 23.7 Å². The summed E-state index contributed by atoms with van der Waals surface area (Å²) in [5.74, 6) is 0. The molecule has 0 aromatic heterocycles. The highest BCUT2D eigenvalue weighted by Gasteiger charge is 2.25. The fourth-order valence-corrected chi connectivity index (χ4v) is 1.24. The molecule has 0 atom stereocenters. The van der Waals surface area contributed by atoms with Crippen molar-refractivity contribution in [2.45, 2.75) is 26.3 Å². The molecule has 0 heterocycles. The summed E-state index contributed by atoms with van der Waals surface area (Å²) in [6.45, 7) is 5.39. The second-order valence-corrected chi connectivity index (χ2v) is 5.02.